The maximum absolute atomic E-state index is 5.64. The number of nitrogens with two attached hydrogens (primary N) is 1. The minimum atomic E-state index is 0.515. The molecule has 1 aromatic heterocycles. The number of anilines is 2. The number of nitrogens with zero attached hydrogens (tertiary/aromatic N) is 2. The quantitative estimate of drug-likeness (QED) is 0.831. The van der Waals surface area contributed by atoms with Crippen LogP contribution in [-0.4, -0.2) is 9.36 Å². The van der Waals surface area contributed by atoms with Crippen molar-refractivity contribution in [2.24, 2.45) is 5.73 Å². The van der Waals surface area contributed by atoms with Crippen molar-refractivity contribution in [1.29, 1.82) is 0 Å². The van der Waals surface area contributed by atoms with Crippen molar-refractivity contribution in [3.05, 3.63) is 35.7 Å². The molecule has 0 atom stereocenters. The van der Waals surface area contributed by atoms with Gasteiger partial charge in [-0.1, -0.05) is 18.2 Å². The second-order valence-corrected chi connectivity index (χ2v) is 3.88. The summed E-state index contributed by atoms with van der Waals surface area (Å²) in [5.74, 6) is 0.785. The average molecular weight is 220 g/mol. The van der Waals surface area contributed by atoms with Gasteiger partial charge < -0.3 is 11.1 Å². The van der Waals surface area contributed by atoms with E-state index < -0.39 is 0 Å². The van der Waals surface area contributed by atoms with E-state index >= 15 is 0 Å². The van der Waals surface area contributed by atoms with Crippen molar-refractivity contribution >= 4 is 22.4 Å². The first-order valence-electron chi connectivity index (χ1n) is 4.65. The molecule has 0 bridgehead atoms. The predicted molar refractivity (Wildman–Crippen MR) is 62.3 cm³/mol. The van der Waals surface area contributed by atoms with Gasteiger partial charge in [-0.05, 0) is 18.6 Å². The van der Waals surface area contributed by atoms with Gasteiger partial charge in [0.05, 0.1) is 0 Å². The second-order valence-electron chi connectivity index (χ2n) is 3.13. The molecule has 0 fully saturated rings. The van der Waals surface area contributed by atoms with Crippen molar-refractivity contribution in [2.45, 2.75) is 13.5 Å². The topological polar surface area (TPSA) is 63.8 Å². The first kappa shape index (κ1) is 10.1. The Balaban J connectivity index is 2.23. The molecular weight excluding hydrogens is 208 g/mol. The van der Waals surface area contributed by atoms with E-state index in [0.717, 1.165) is 22.2 Å². The average Bonchev–Trinajstić information content (AvgIpc) is 2.65. The highest BCUT2D eigenvalue weighted by Gasteiger charge is 2.03. The number of benzene rings is 1. The summed E-state index contributed by atoms with van der Waals surface area (Å²) in [6.45, 7) is 2.39. The molecule has 0 aliphatic heterocycles. The third-order valence-electron chi connectivity index (χ3n) is 2.01. The van der Waals surface area contributed by atoms with Crippen LogP contribution >= 0.6 is 11.5 Å². The van der Waals surface area contributed by atoms with E-state index in [1.807, 2.05) is 31.2 Å². The summed E-state index contributed by atoms with van der Waals surface area (Å²) in [5, 5.41) is 4.01. The van der Waals surface area contributed by atoms with Gasteiger partial charge in [-0.15, -0.1) is 0 Å². The monoisotopic (exact) mass is 220 g/mol. The van der Waals surface area contributed by atoms with Crippen LogP contribution in [0.5, 0.6) is 0 Å². The summed E-state index contributed by atoms with van der Waals surface area (Å²) in [6, 6.07) is 7.92. The normalized spacial score (nSPS) is 10.3. The molecule has 1 aromatic carbocycles. The SMILES string of the molecule is Cc1nsc(Nc2ccccc2CN)n1. The van der Waals surface area contributed by atoms with Crippen molar-refractivity contribution in [3.8, 4) is 0 Å². The molecule has 0 saturated carbocycles. The van der Waals surface area contributed by atoms with Gasteiger partial charge in [0, 0.05) is 23.8 Å². The molecule has 0 saturated heterocycles. The van der Waals surface area contributed by atoms with Crippen molar-refractivity contribution in [3.63, 3.8) is 0 Å². The molecule has 4 nitrogen and oxygen atoms in total. The van der Waals surface area contributed by atoms with Gasteiger partial charge in [-0.2, -0.15) is 4.37 Å². The summed E-state index contributed by atoms with van der Waals surface area (Å²) in [4.78, 5) is 4.24. The first-order chi connectivity index (χ1) is 7.29. The zero-order chi connectivity index (χ0) is 10.7. The van der Waals surface area contributed by atoms with Gasteiger partial charge >= 0.3 is 0 Å². The van der Waals surface area contributed by atoms with E-state index in [9.17, 15) is 0 Å². The molecule has 78 valence electrons. The number of aromatic nitrogens is 2. The Morgan fingerprint density at radius 2 is 2.20 bits per heavy atom. The number of nitrogens with one attached hydrogen (secondary N) is 1. The number of hydrogen-bond acceptors (Lipinski definition) is 5. The van der Waals surface area contributed by atoms with Crippen molar-refractivity contribution < 1.29 is 0 Å². The molecule has 5 heteroatoms. The van der Waals surface area contributed by atoms with Gasteiger partial charge in [0.15, 0.2) is 0 Å². The molecule has 0 amide bonds. The second kappa shape index (κ2) is 4.37. The van der Waals surface area contributed by atoms with Crippen LogP contribution in [0.2, 0.25) is 0 Å². The highest BCUT2D eigenvalue weighted by Crippen LogP contribution is 2.21. The van der Waals surface area contributed by atoms with Crippen molar-refractivity contribution in [2.75, 3.05) is 5.32 Å². The zero-order valence-corrected chi connectivity index (χ0v) is 9.21. The molecule has 0 aliphatic rings. The van der Waals surface area contributed by atoms with Crippen LogP contribution in [0, 0.1) is 6.92 Å². The summed E-state index contributed by atoms with van der Waals surface area (Å²) in [6.07, 6.45) is 0. The Hall–Kier alpha value is -1.46. The van der Waals surface area contributed by atoms with Crippen LogP contribution in [0.4, 0.5) is 10.8 Å². The van der Waals surface area contributed by atoms with E-state index in [2.05, 4.69) is 14.7 Å². The van der Waals surface area contributed by atoms with E-state index in [1.165, 1.54) is 11.5 Å². The van der Waals surface area contributed by atoms with Gasteiger partial charge in [-0.3, -0.25) is 0 Å². The standard InChI is InChI=1S/C10H12N4S/c1-7-12-10(15-14-7)13-9-5-3-2-4-8(9)6-11/h2-5H,6,11H2,1H3,(H,12,13,14). The number of hydrogen-bond donors (Lipinski definition) is 2. The minimum absolute atomic E-state index is 0.515. The lowest BCUT2D eigenvalue weighted by Crippen LogP contribution is -2.01. The third-order valence-corrected chi connectivity index (χ3v) is 2.73. The molecular formula is C10H12N4S. The Morgan fingerprint density at radius 1 is 1.40 bits per heavy atom. The lowest BCUT2D eigenvalue weighted by molar-refractivity contribution is 1.07. The van der Waals surface area contributed by atoms with Crippen LogP contribution in [0.15, 0.2) is 24.3 Å². The predicted octanol–water partition coefficient (Wildman–Crippen LogP) is 2.05. The van der Waals surface area contributed by atoms with Crippen LogP contribution in [0.25, 0.3) is 0 Å². The molecule has 3 N–H and O–H groups in total. The van der Waals surface area contributed by atoms with E-state index in [4.69, 9.17) is 5.73 Å². The van der Waals surface area contributed by atoms with Gasteiger partial charge in [0.1, 0.15) is 5.82 Å². The van der Waals surface area contributed by atoms with Crippen LogP contribution in [-0.2, 0) is 6.54 Å². The molecule has 0 aliphatic carbocycles. The fourth-order valence-electron chi connectivity index (χ4n) is 1.28. The van der Waals surface area contributed by atoms with E-state index in [-0.39, 0.29) is 0 Å². The molecule has 2 rings (SSSR count). The molecule has 1 heterocycles. The summed E-state index contributed by atoms with van der Waals surface area (Å²) in [5.41, 5.74) is 7.71. The Kier molecular flexibility index (Phi) is 2.94. The Bertz CT molecular complexity index is 452. The molecule has 0 spiro atoms. The van der Waals surface area contributed by atoms with Gasteiger partial charge in [0.25, 0.3) is 0 Å². The van der Waals surface area contributed by atoms with Crippen LogP contribution < -0.4 is 11.1 Å². The molecule has 15 heavy (non-hydrogen) atoms. The van der Waals surface area contributed by atoms with Crippen LogP contribution in [0.1, 0.15) is 11.4 Å². The zero-order valence-electron chi connectivity index (χ0n) is 8.40. The first-order valence-corrected chi connectivity index (χ1v) is 5.42. The largest absolute Gasteiger partial charge is 0.330 e. The summed E-state index contributed by atoms with van der Waals surface area (Å²) in [7, 11) is 0. The third kappa shape index (κ3) is 2.31. The van der Waals surface area contributed by atoms with Gasteiger partial charge in [-0.25, -0.2) is 4.98 Å². The number of aryl methyl sites for hydroxylation is 1. The van der Waals surface area contributed by atoms with E-state index in [0.29, 0.717) is 6.54 Å². The molecule has 2 aromatic rings. The number of rotatable bonds is 3. The summed E-state index contributed by atoms with van der Waals surface area (Å²) < 4.78 is 4.11. The Morgan fingerprint density at radius 3 is 2.87 bits per heavy atom. The Labute approximate surface area is 92.3 Å². The lowest BCUT2D eigenvalue weighted by atomic mass is 10.2. The maximum Gasteiger partial charge on any atom is 0.207 e. The fraction of sp³-hybridized carbons (Fsp3) is 0.200. The van der Waals surface area contributed by atoms with Crippen LogP contribution in [0.3, 0.4) is 0 Å². The molecule has 0 radical (unpaired) electrons. The summed E-state index contributed by atoms with van der Waals surface area (Å²) >= 11 is 1.35. The smallest absolute Gasteiger partial charge is 0.207 e. The van der Waals surface area contributed by atoms with Crippen molar-refractivity contribution in [1.82, 2.24) is 9.36 Å². The van der Waals surface area contributed by atoms with Gasteiger partial charge in [0.2, 0.25) is 5.13 Å². The highest BCUT2D eigenvalue weighted by molar-refractivity contribution is 7.09. The number of para-hydroxylation sites is 1. The highest BCUT2D eigenvalue weighted by atomic mass is 32.1. The van der Waals surface area contributed by atoms with E-state index in [1.54, 1.807) is 0 Å². The molecule has 0 unspecified atom stereocenters. The fourth-order valence-corrected chi connectivity index (χ4v) is 1.87. The maximum atomic E-state index is 5.64. The lowest BCUT2D eigenvalue weighted by Gasteiger charge is -2.06. The minimum Gasteiger partial charge on any atom is -0.330 e.